The van der Waals surface area contributed by atoms with Gasteiger partial charge in [0, 0.05) is 6.54 Å². The van der Waals surface area contributed by atoms with Crippen LogP contribution in [0.5, 0.6) is 0 Å². The number of rotatable bonds is 4. The molecule has 2 rings (SSSR count). The van der Waals surface area contributed by atoms with Crippen molar-refractivity contribution in [2.75, 3.05) is 6.61 Å². The fourth-order valence-electron chi connectivity index (χ4n) is 1.87. The van der Waals surface area contributed by atoms with Gasteiger partial charge in [0.25, 0.3) is 0 Å². The second-order valence-electron chi connectivity index (χ2n) is 4.27. The number of hydrogen-bond acceptors (Lipinski definition) is 5. The second-order valence-corrected chi connectivity index (χ2v) is 4.27. The van der Waals surface area contributed by atoms with Crippen LogP contribution in [-0.2, 0) is 17.5 Å². The average Bonchev–Trinajstić information content (AvgIpc) is 2.91. The van der Waals surface area contributed by atoms with Crippen LogP contribution in [0.1, 0.15) is 28.7 Å². The summed E-state index contributed by atoms with van der Waals surface area (Å²) in [5.74, 6) is -0.550. The molecule has 0 aliphatic rings. The van der Waals surface area contributed by atoms with Crippen molar-refractivity contribution in [1.29, 1.82) is 0 Å². The van der Waals surface area contributed by atoms with Gasteiger partial charge in [0.1, 0.15) is 5.69 Å². The molecule has 0 aliphatic heterocycles. The summed E-state index contributed by atoms with van der Waals surface area (Å²) in [6.45, 7) is 1.49. The molecule has 0 saturated heterocycles. The number of esters is 1. The topological polar surface area (TPSA) is 83.0 Å². The fraction of sp³-hybridized carbons (Fsp3) is 0.308. The first-order valence-electron chi connectivity index (χ1n) is 6.37. The molecule has 9 heteroatoms. The van der Waals surface area contributed by atoms with Crippen LogP contribution in [0.25, 0.3) is 5.69 Å². The summed E-state index contributed by atoms with van der Waals surface area (Å²) in [5.41, 5.74) is 4.24. The van der Waals surface area contributed by atoms with Gasteiger partial charge in [-0.3, -0.25) is 0 Å². The molecule has 1 aromatic carbocycles. The van der Waals surface area contributed by atoms with Crippen molar-refractivity contribution in [3.05, 3.63) is 41.2 Å². The number of alkyl halides is 3. The van der Waals surface area contributed by atoms with Gasteiger partial charge in [-0.1, -0.05) is 5.21 Å². The van der Waals surface area contributed by atoms with E-state index in [9.17, 15) is 18.0 Å². The van der Waals surface area contributed by atoms with E-state index in [1.807, 2.05) is 0 Å². The summed E-state index contributed by atoms with van der Waals surface area (Å²) in [4.78, 5) is 11.5. The number of aromatic nitrogens is 3. The molecule has 0 spiro atoms. The van der Waals surface area contributed by atoms with E-state index >= 15 is 0 Å². The van der Waals surface area contributed by atoms with E-state index in [1.54, 1.807) is 6.92 Å². The normalized spacial score (nSPS) is 11.5. The zero-order chi connectivity index (χ0) is 16.3. The van der Waals surface area contributed by atoms with Crippen molar-refractivity contribution in [2.24, 2.45) is 5.73 Å². The van der Waals surface area contributed by atoms with Crippen molar-refractivity contribution >= 4 is 5.97 Å². The van der Waals surface area contributed by atoms with Crippen LogP contribution in [0.3, 0.4) is 0 Å². The lowest BCUT2D eigenvalue weighted by Gasteiger charge is -2.11. The van der Waals surface area contributed by atoms with Gasteiger partial charge in [-0.2, -0.15) is 13.2 Å². The van der Waals surface area contributed by atoms with Crippen LogP contribution in [0.4, 0.5) is 13.2 Å². The number of halogens is 3. The van der Waals surface area contributed by atoms with Crippen LogP contribution >= 0.6 is 0 Å². The molecule has 0 amide bonds. The highest BCUT2D eigenvalue weighted by molar-refractivity contribution is 5.89. The highest BCUT2D eigenvalue weighted by atomic mass is 19.4. The molecule has 0 unspecified atom stereocenters. The lowest BCUT2D eigenvalue weighted by molar-refractivity contribution is -0.143. The Morgan fingerprint density at radius 1 is 1.32 bits per heavy atom. The van der Waals surface area contributed by atoms with E-state index in [0.29, 0.717) is 4.68 Å². The first-order valence-corrected chi connectivity index (χ1v) is 6.37. The maximum Gasteiger partial charge on any atom is 0.435 e. The largest absolute Gasteiger partial charge is 0.462 e. The van der Waals surface area contributed by atoms with Gasteiger partial charge < -0.3 is 10.5 Å². The van der Waals surface area contributed by atoms with Crippen molar-refractivity contribution in [1.82, 2.24) is 15.0 Å². The molecule has 0 fully saturated rings. The number of carbonyl (C=O) groups is 1. The molecule has 6 nitrogen and oxygen atoms in total. The number of nitrogens with two attached hydrogens (primary N) is 1. The first kappa shape index (κ1) is 16.0. The van der Waals surface area contributed by atoms with E-state index in [1.165, 1.54) is 24.3 Å². The zero-order valence-corrected chi connectivity index (χ0v) is 11.6. The molecule has 1 aromatic heterocycles. The maximum absolute atomic E-state index is 13.1. The van der Waals surface area contributed by atoms with Crippen molar-refractivity contribution < 1.29 is 22.7 Å². The van der Waals surface area contributed by atoms with Crippen molar-refractivity contribution in [2.45, 2.75) is 19.6 Å². The second kappa shape index (κ2) is 6.14. The Morgan fingerprint density at radius 3 is 2.45 bits per heavy atom. The molecule has 0 radical (unpaired) electrons. The number of nitrogens with zero attached hydrogens (tertiary/aromatic N) is 3. The lowest BCUT2D eigenvalue weighted by Crippen LogP contribution is -2.17. The maximum atomic E-state index is 13.1. The van der Waals surface area contributed by atoms with Gasteiger partial charge in [0.05, 0.1) is 17.9 Å². The van der Waals surface area contributed by atoms with E-state index in [2.05, 4.69) is 10.3 Å². The molecule has 2 N–H and O–H groups in total. The van der Waals surface area contributed by atoms with Crippen LogP contribution in [0, 0.1) is 0 Å². The molecule has 1 heterocycles. The van der Waals surface area contributed by atoms with E-state index in [4.69, 9.17) is 10.5 Å². The summed E-state index contributed by atoms with van der Waals surface area (Å²) in [5, 5.41) is 6.93. The van der Waals surface area contributed by atoms with Crippen molar-refractivity contribution in [3.63, 3.8) is 0 Å². The fourth-order valence-corrected chi connectivity index (χ4v) is 1.87. The number of ether oxygens (including phenoxy) is 1. The molecule has 0 saturated carbocycles. The minimum Gasteiger partial charge on any atom is -0.462 e. The number of benzene rings is 1. The third-order valence-electron chi connectivity index (χ3n) is 2.82. The number of carbonyl (C=O) groups excluding carboxylic acids is 1. The molecule has 118 valence electrons. The molecular weight excluding hydrogens is 301 g/mol. The van der Waals surface area contributed by atoms with Crippen LogP contribution in [0.15, 0.2) is 24.3 Å². The first-order chi connectivity index (χ1) is 10.4. The predicted octanol–water partition coefficient (Wildman–Crippen LogP) is 1.92. The minimum absolute atomic E-state index is 0.118. The third-order valence-corrected chi connectivity index (χ3v) is 2.82. The Hall–Kier alpha value is -2.42. The van der Waals surface area contributed by atoms with Gasteiger partial charge in [-0.05, 0) is 31.2 Å². The highest BCUT2D eigenvalue weighted by Crippen LogP contribution is 2.32. The number of hydrogen-bond donors (Lipinski definition) is 1. The molecule has 0 bridgehead atoms. The van der Waals surface area contributed by atoms with Crippen LogP contribution in [-0.4, -0.2) is 27.6 Å². The monoisotopic (exact) mass is 314 g/mol. The van der Waals surface area contributed by atoms with Gasteiger partial charge in [0.2, 0.25) is 0 Å². The van der Waals surface area contributed by atoms with E-state index < -0.39 is 17.8 Å². The molecule has 2 aromatic rings. The van der Waals surface area contributed by atoms with Crippen LogP contribution < -0.4 is 5.73 Å². The predicted molar refractivity (Wildman–Crippen MR) is 70.2 cm³/mol. The zero-order valence-electron chi connectivity index (χ0n) is 11.6. The third kappa shape index (κ3) is 3.08. The quantitative estimate of drug-likeness (QED) is 0.872. The minimum atomic E-state index is -4.64. The molecular formula is C13H13F3N4O2. The summed E-state index contributed by atoms with van der Waals surface area (Å²) in [7, 11) is 0. The Bertz CT molecular complexity index is 665. The SMILES string of the molecule is CCOC(=O)c1ccc(-n2nnc(CN)c2C(F)(F)F)cc1. The standard InChI is InChI=1S/C13H13F3N4O2/c1-2-22-12(21)8-3-5-9(6-4-8)20-11(13(14,15)16)10(7-17)18-19-20/h3-6H,2,7,17H2,1H3. The average molecular weight is 314 g/mol. The van der Waals surface area contributed by atoms with Gasteiger partial charge in [-0.25, -0.2) is 9.48 Å². The summed E-state index contributed by atoms with van der Waals surface area (Å²) in [6, 6.07) is 5.38. The Morgan fingerprint density at radius 2 is 1.95 bits per heavy atom. The smallest absolute Gasteiger partial charge is 0.435 e. The Balaban J connectivity index is 2.41. The summed E-state index contributed by atoms with van der Waals surface area (Å²) >= 11 is 0. The summed E-state index contributed by atoms with van der Waals surface area (Å²) < 4.78 is 44.7. The Kier molecular flexibility index (Phi) is 4.45. The molecule has 0 atom stereocenters. The molecule has 22 heavy (non-hydrogen) atoms. The summed E-state index contributed by atoms with van der Waals surface area (Å²) in [6.07, 6.45) is -4.64. The van der Waals surface area contributed by atoms with Gasteiger partial charge in [-0.15, -0.1) is 5.10 Å². The molecule has 0 aliphatic carbocycles. The van der Waals surface area contributed by atoms with E-state index in [-0.39, 0.29) is 30.1 Å². The van der Waals surface area contributed by atoms with Crippen LogP contribution in [0.2, 0.25) is 0 Å². The highest BCUT2D eigenvalue weighted by Gasteiger charge is 2.39. The van der Waals surface area contributed by atoms with Gasteiger partial charge in [0.15, 0.2) is 5.69 Å². The Labute approximate surface area is 123 Å². The van der Waals surface area contributed by atoms with E-state index in [0.717, 1.165) is 0 Å². The van der Waals surface area contributed by atoms with Crippen molar-refractivity contribution in [3.8, 4) is 5.69 Å². The van der Waals surface area contributed by atoms with Gasteiger partial charge >= 0.3 is 12.1 Å². The lowest BCUT2D eigenvalue weighted by atomic mass is 10.2.